The highest BCUT2D eigenvalue weighted by atomic mass is 32.2. The largest absolute Gasteiger partial charge is 0.458 e. The second kappa shape index (κ2) is 3.54. The number of esters is 1. The molecule has 0 amide bonds. The van der Waals surface area contributed by atoms with E-state index in [2.05, 4.69) is 9.88 Å². The second-order valence-electron chi connectivity index (χ2n) is 2.52. The van der Waals surface area contributed by atoms with Gasteiger partial charge in [-0.2, -0.15) is 8.78 Å². The van der Waals surface area contributed by atoms with Crippen molar-refractivity contribution in [2.45, 2.75) is 25.2 Å². The summed E-state index contributed by atoms with van der Waals surface area (Å²) in [4.78, 5) is 10.5. The molecule has 0 atom stereocenters. The van der Waals surface area contributed by atoms with Crippen molar-refractivity contribution in [3.63, 3.8) is 0 Å². The van der Waals surface area contributed by atoms with Crippen molar-refractivity contribution >= 4 is 16.0 Å². The van der Waals surface area contributed by atoms with E-state index < -0.39 is 27.4 Å². The predicted octanol–water partition coefficient (Wildman–Crippen LogP) is -0.181. The van der Waals surface area contributed by atoms with Gasteiger partial charge in [-0.15, -0.1) is 0 Å². The first-order valence-electron chi connectivity index (χ1n) is 3.20. The summed E-state index contributed by atoms with van der Waals surface area (Å²) in [7, 11) is -5.26. The molecule has 13 heavy (non-hydrogen) atoms. The lowest BCUT2D eigenvalue weighted by atomic mass is 10.5. The van der Waals surface area contributed by atoms with E-state index in [0.717, 1.165) is 0 Å². The van der Waals surface area contributed by atoms with E-state index in [1.165, 1.54) is 13.8 Å². The third-order valence-corrected chi connectivity index (χ3v) is 1.82. The Kier molecular flexibility index (Phi) is 3.34. The highest BCUT2D eigenvalue weighted by molar-refractivity contribution is 7.91. The Hall–Kier alpha value is -0.760. The topological polar surface area (TPSA) is 86.5 Å². The average Bonchev–Trinajstić information content (AvgIpc) is 1.82. The highest BCUT2D eigenvalue weighted by Gasteiger charge is 2.52. The summed E-state index contributed by atoms with van der Waals surface area (Å²) >= 11 is 0. The molecule has 0 aliphatic heterocycles. The van der Waals surface area contributed by atoms with Crippen LogP contribution in [0.3, 0.4) is 0 Å². The van der Waals surface area contributed by atoms with E-state index in [-0.39, 0.29) is 0 Å². The van der Waals surface area contributed by atoms with Crippen molar-refractivity contribution in [1.29, 1.82) is 0 Å². The molecule has 0 aromatic heterocycles. The van der Waals surface area contributed by atoms with Crippen LogP contribution in [-0.4, -0.2) is 25.7 Å². The van der Waals surface area contributed by atoms with Crippen LogP contribution < -0.4 is 5.14 Å². The van der Waals surface area contributed by atoms with Crippen LogP contribution in [0.15, 0.2) is 0 Å². The van der Waals surface area contributed by atoms with Crippen molar-refractivity contribution in [2.24, 2.45) is 5.14 Å². The van der Waals surface area contributed by atoms with Crippen LogP contribution in [0.1, 0.15) is 13.8 Å². The molecule has 0 bridgehead atoms. The van der Waals surface area contributed by atoms with Gasteiger partial charge in [-0.05, 0) is 13.8 Å². The first-order chi connectivity index (χ1) is 5.59. The molecule has 2 N–H and O–H groups in total. The van der Waals surface area contributed by atoms with Crippen LogP contribution in [0.2, 0.25) is 0 Å². The lowest BCUT2D eigenvalue weighted by molar-refractivity contribution is -0.164. The molecule has 0 unspecified atom stereocenters. The molecule has 0 aromatic rings. The number of rotatable bonds is 3. The molecule has 0 aromatic carbocycles. The van der Waals surface area contributed by atoms with Crippen LogP contribution in [-0.2, 0) is 19.6 Å². The van der Waals surface area contributed by atoms with E-state index in [1.54, 1.807) is 0 Å². The van der Waals surface area contributed by atoms with E-state index in [9.17, 15) is 22.0 Å². The van der Waals surface area contributed by atoms with Gasteiger partial charge in [0.15, 0.2) is 0 Å². The van der Waals surface area contributed by atoms with Crippen molar-refractivity contribution in [3.05, 3.63) is 0 Å². The van der Waals surface area contributed by atoms with Gasteiger partial charge in [-0.25, -0.2) is 18.4 Å². The lowest BCUT2D eigenvalue weighted by Crippen LogP contribution is -2.44. The lowest BCUT2D eigenvalue weighted by Gasteiger charge is -2.14. The van der Waals surface area contributed by atoms with Crippen LogP contribution in [0.5, 0.6) is 0 Å². The Morgan fingerprint density at radius 1 is 1.46 bits per heavy atom. The quantitative estimate of drug-likeness (QED) is 0.664. The zero-order valence-electron chi connectivity index (χ0n) is 6.95. The smallest absolute Gasteiger partial charge is 0.454 e. The normalized spacial score (nSPS) is 13.1. The van der Waals surface area contributed by atoms with E-state index >= 15 is 0 Å². The fourth-order valence-electron chi connectivity index (χ4n) is 0.399. The number of ether oxygens (including phenoxy) is 1. The molecule has 0 saturated carbocycles. The maximum Gasteiger partial charge on any atom is 0.454 e. The van der Waals surface area contributed by atoms with Gasteiger partial charge in [0, 0.05) is 0 Å². The number of hydrogen-bond donors (Lipinski definition) is 1. The molecule has 0 saturated heterocycles. The fraction of sp³-hybridized carbons (Fsp3) is 0.800. The van der Waals surface area contributed by atoms with Crippen molar-refractivity contribution in [2.75, 3.05) is 0 Å². The van der Waals surface area contributed by atoms with Crippen molar-refractivity contribution < 1.29 is 26.7 Å². The highest BCUT2D eigenvalue weighted by Crippen LogP contribution is 2.21. The molecular formula is C5H9F2NO4S. The summed E-state index contributed by atoms with van der Waals surface area (Å²) in [6.07, 6.45) is -0.833. The minimum absolute atomic E-state index is 0.833. The van der Waals surface area contributed by atoms with Crippen molar-refractivity contribution in [3.8, 4) is 0 Å². The zero-order chi connectivity index (χ0) is 10.9. The molecule has 0 radical (unpaired) electrons. The number of nitrogens with two attached hydrogens (primary N) is 1. The SMILES string of the molecule is CC(C)OC(=O)C(F)(F)S(N)(=O)=O. The number of carbonyl (C=O) groups excluding carboxylic acids is 1. The average molecular weight is 217 g/mol. The first-order valence-corrected chi connectivity index (χ1v) is 4.75. The summed E-state index contributed by atoms with van der Waals surface area (Å²) in [5.41, 5.74) is 0. The summed E-state index contributed by atoms with van der Waals surface area (Å²) in [5, 5.41) is -0.572. The molecule has 0 fully saturated rings. The van der Waals surface area contributed by atoms with Gasteiger partial charge >= 0.3 is 11.2 Å². The molecule has 78 valence electrons. The number of primary sulfonamides is 1. The Morgan fingerprint density at radius 2 is 1.85 bits per heavy atom. The Morgan fingerprint density at radius 3 is 2.08 bits per heavy atom. The van der Waals surface area contributed by atoms with Gasteiger partial charge in [0.05, 0.1) is 6.10 Å². The molecule has 0 spiro atoms. The first kappa shape index (κ1) is 12.2. The number of carbonyl (C=O) groups is 1. The van der Waals surface area contributed by atoms with Crippen LogP contribution in [0.4, 0.5) is 8.78 Å². The number of hydrogen-bond acceptors (Lipinski definition) is 4. The van der Waals surface area contributed by atoms with Gasteiger partial charge in [0.2, 0.25) is 0 Å². The Balaban J connectivity index is 4.77. The van der Waals surface area contributed by atoms with E-state index in [1.807, 2.05) is 0 Å². The number of halogens is 2. The van der Waals surface area contributed by atoms with E-state index in [0.29, 0.717) is 0 Å². The maximum absolute atomic E-state index is 12.5. The fourth-order valence-corrected chi connectivity index (χ4v) is 0.679. The molecule has 8 heteroatoms. The second-order valence-corrected chi connectivity index (χ2v) is 4.12. The van der Waals surface area contributed by atoms with Gasteiger partial charge in [-0.3, -0.25) is 0 Å². The Labute approximate surface area is 73.9 Å². The van der Waals surface area contributed by atoms with Crippen LogP contribution in [0.25, 0.3) is 0 Å². The number of alkyl halides is 2. The molecule has 0 heterocycles. The van der Waals surface area contributed by atoms with Gasteiger partial charge in [0.25, 0.3) is 10.0 Å². The van der Waals surface area contributed by atoms with Gasteiger partial charge < -0.3 is 4.74 Å². The molecule has 0 rings (SSSR count). The summed E-state index contributed by atoms with van der Waals surface area (Å²) in [6.45, 7) is 2.61. The zero-order valence-corrected chi connectivity index (χ0v) is 7.77. The Bertz CT molecular complexity index is 298. The summed E-state index contributed by atoms with van der Waals surface area (Å²) in [6, 6.07) is 0. The molecule has 0 aliphatic carbocycles. The molecule has 0 aliphatic rings. The standard InChI is InChI=1S/C5H9F2NO4S/c1-3(2)12-4(9)5(6,7)13(8,10)11/h3H,1-2H3,(H2,8,10,11). The minimum Gasteiger partial charge on any atom is -0.458 e. The summed E-state index contributed by atoms with van der Waals surface area (Å²) in [5.74, 6) is -2.16. The monoisotopic (exact) mass is 217 g/mol. The van der Waals surface area contributed by atoms with Crippen LogP contribution in [0, 0.1) is 0 Å². The van der Waals surface area contributed by atoms with Crippen molar-refractivity contribution in [1.82, 2.24) is 0 Å². The molecule has 5 nitrogen and oxygen atoms in total. The van der Waals surface area contributed by atoms with Gasteiger partial charge in [0.1, 0.15) is 0 Å². The predicted molar refractivity (Wildman–Crippen MR) is 39.3 cm³/mol. The summed E-state index contributed by atoms with van der Waals surface area (Å²) < 4.78 is 49.4. The molecular weight excluding hydrogens is 208 g/mol. The minimum atomic E-state index is -5.26. The third kappa shape index (κ3) is 2.88. The van der Waals surface area contributed by atoms with Gasteiger partial charge in [-0.1, -0.05) is 0 Å². The third-order valence-electron chi connectivity index (χ3n) is 0.938. The maximum atomic E-state index is 12.5. The van der Waals surface area contributed by atoms with E-state index in [4.69, 9.17) is 0 Å². The van der Waals surface area contributed by atoms with Crippen LogP contribution >= 0.6 is 0 Å². The number of sulfonamides is 1.